The fraction of sp³-hybridized carbons (Fsp3) is 0.357. The molecule has 0 amide bonds. The van der Waals surface area contributed by atoms with Gasteiger partial charge < -0.3 is 9.30 Å². The summed E-state index contributed by atoms with van der Waals surface area (Å²) in [6, 6.07) is 0. The molecule has 0 unspecified atom stereocenters. The van der Waals surface area contributed by atoms with E-state index < -0.39 is 0 Å². The smallest absolute Gasteiger partial charge is 0.181 e. The minimum absolute atomic E-state index is 0.635. The van der Waals surface area contributed by atoms with Crippen LogP contribution in [0.25, 0.3) is 17.3 Å². The van der Waals surface area contributed by atoms with Gasteiger partial charge in [-0.15, -0.1) is 0 Å². The first-order valence-corrected chi connectivity index (χ1v) is 6.75. The Hall–Kier alpha value is -2.41. The highest BCUT2D eigenvalue weighted by molar-refractivity contribution is 5.51. The first-order valence-electron chi connectivity index (χ1n) is 6.75. The van der Waals surface area contributed by atoms with Crippen molar-refractivity contribution in [3.63, 3.8) is 0 Å². The molecule has 7 heteroatoms. The molecular weight excluding hydrogens is 268 g/mol. The fourth-order valence-electron chi connectivity index (χ4n) is 2.27. The van der Waals surface area contributed by atoms with E-state index >= 15 is 0 Å². The van der Waals surface area contributed by atoms with Crippen LogP contribution in [-0.2, 0) is 18.3 Å². The minimum Gasteiger partial charge on any atom is -0.383 e. The molecule has 0 radical (unpaired) electrons. The summed E-state index contributed by atoms with van der Waals surface area (Å²) in [6.45, 7) is 3.41. The van der Waals surface area contributed by atoms with Crippen LogP contribution in [0.2, 0.25) is 0 Å². The van der Waals surface area contributed by atoms with Crippen LogP contribution in [0.4, 0.5) is 0 Å². The Bertz CT molecular complexity index is 738. The predicted molar refractivity (Wildman–Crippen MR) is 78.2 cm³/mol. The van der Waals surface area contributed by atoms with Crippen molar-refractivity contribution >= 4 is 0 Å². The SMILES string of the molecule is COCCn1ccnc1-c1nccn1-c1cnn(C)c1C. The van der Waals surface area contributed by atoms with Gasteiger partial charge in [0.15, 0.2) is 11.6 Å². The van der Waals surface area contributed by atoms with Crippen molar-refractivity contribution in [2.45, 2.75) is 13.5 Å². The molecule has 0 aliphatic rings. The molecule has 3 rings (SSSR count). The number of ether oxygens (including phenoxy) is 1. The zero-order valence-electron chi connectivity index (χ0n) is 12.4. The van der Waals surface area contributed by atoms with Crippen LogP contribution in [-0.4, -0.2) is 42.6 Å². The molecule has 3 aromatic heterocycles. The summed E-state index contributed by atoms with van der Waals surface area (Å²) in [4.78, 5) is 8.89. The minimum atomic E-state index is 0.635. The first-order chi connectivity index (χ1) is 10.2. The Labute approximate surface area is 122 Å². The van der Waals surface area contributed by atoms with Gasteiger partial charge in [-0.1, -0.05) is 0 Å². The number of methoxy groups -OCH3 is 1. The maximum Gasteiger partial charge on any atom is 0.181 e. The van der Waals surface area contributed by atoms with Crippen LogP contribution in [0.15, 0.2) is 31.0 Å². The molecule has 0 N–H and O–H groups in total. The number of hydrogen-bond donors (Lipinski definition) is 0. The summed E-state index contributed by atoms with van der Waals surface area (Å²) >= 11 is 0. The average Bonchev–Trinajstić information content (AvgIpc) is 3.18. The highest BCUT2D eigenvalue weighted by Gasteiger charge is 2.16. The lowest BCUT2D eigenvalue weighted by Gasteiger charge is -2.09. The van der Waals surface area contributed by atoms with Crippen molar-refractivity contribution in [3.05, 3.63) is 36.7 Å². The number of imidazole rings is 2. The zero-order chi connectivity index (χ0) is 14.8. The summed E-state index contributed by atoms with van der Waals surface area (Å²) in [5.41, 5.74) is 2.08. The molecule has 0 spiro atoms. The van der Waals surface area contributed by atoms with E-state index in [1.807, 2.05) is 46.4 Å². The van der Waals surface area contributed by atoms with Crippen LogP contribution in [0.5, 0.6) is 0 Å². The van der Waals surface area contributed by atoms with Gasteiger partial charge in [0.25, 0.3) is 0 Å². The van der Waals surface area contributed by atoms with Crippen molar-refractivity contribution in [1.29, 1.82) is 0 Å². The van der Waals surface area contributed by atoms with Crippen LogP contribution in [0.3, 0.4) is 0 Å². The van der Waals surface area contributed by atoms with E-state index in [1.165, 1.54) is 0 Å². The third kappa shape index (κ3) is 2.36. The van der Waals surface area contributed by atoms with E-state index in [4.69, 9.17) is 4.74 Å². The third-order valence-electron chi connectivity index (χ3n) is 3.56. The van der Waals surface area contributed by atoms with Crippen molar-refractivity contribution in [2.24, 2.45) is 7.05 Å². The quantitative estimate of drug-likeness (QED) is 0.711. The van der Waals surface area contributed by atoms with Gasteiger partial charge in [0.05, 0.1) is 24.2 Å². The van der Waals surface area contributed by atoms with E-state index in [-0.39, 0.29) is 0 Å². The molecule has 21 heavy (non-hydrogen) atoms. The summed E-state index contributed by atoms with van der Waals surface area (Å²) in [7, 11) is 3.62. The van der Waals surface area contributed by atoms with Gasteiger partial charge in [-0.2, -0.15) is 5.10 Å². The van der Waals surface area contributed by atoms with E-state index in [2.05, 4.69) is 15.1 Å². The van der Waals surface area contributed by atoms with Gasteiger partial charge in [0.2, 0.25) is 0 Å². The standard InChI is InChI=1S/C14H18N6O/c1-11-12(10-17-18(11)2)20-7-5-16-14(20)13-15-4-6-19(13)8-9-21-3/h4-7,10H,8-9H2,1-3H3. The van der Waals surface area contributed by atoms with Gasteiger partial charge in [0.1, 0.15) is 0 Å². The lowest BCUT2D eigenvalue weighted by molar-refractivity contribution is 0.187. The molecule has 0 saturated carbocycles. The molecule has 110 valence electrons. The van der Waals surface area contributed by atoms with Gasteiger partial charge in [-0.05, 0) is 6.92 Å². The van der Waals surface area contributed by atoms with E-state index in [0.29, 0.717) is 6.61 Å². The van der Waals surface area contributed by atoms with E-state index in [9.17, 15) is 0 Å². The monoisotopic (exact) mass is 286 g/mol. The first kappa shape index (κ1) is 13.6. The molecule has 0 aliphatic carbocycles. The van der Waals surface area contributed by atoms with Gasteiger partial charge in [-0.3, -0.25) is 9.25 Å². The van der Waals surface area contributed by atoms with Crippen molar-refractivity contribution in [3.8, 4) is 17.3 Å². The summed E-state index contributed by atoms with van der Waals surface area (Å²) < 4.78 is 11.0. The molecular formula is C14H18N6O. The lowest BCUT2D eigenvalue weighted by atomic mass is 10.3. The summed E-state index contributed by atoms with van der Waals surface area (Å²) in [6.07, 6.45) is 9.25. The van der Waals surface area contributed by atoms with Crippen molar-refractivity contribution in [1.82, 2.24) is 28.9 Å². The van der Waals surface area contributed by atoms with Gasteiger partial charge in [0, 0.05) is 45.5 Å². The number of rotatable bonds is 5. The largest absolute Gasteiger partial charge is 0.383 e. The van der Waals surface area contributed by atoms with E-state index in [0.717, 1.165) is 29.6 Å². The molecule has 3 heterocycles. The Morgan fingerprint density at radius 1 is 1.14 bits per heavy atom. The molecule has 7 nitrogen and oxygen atoms in total. The molecule has 0 aliphatic heterocycles. The Morgan fingerprint density at radius 2 is 1.90 bits per heavy atom. The van der Waals surface area contributed by atoms with Crippen LogP contribution in [0.1, 0.15) is 5.69 Å². The molecule has 3 aromatic rings. The highest BCUT2D eigenvalue weighted by Crippen LogP contribution is 2.21. The number of aryl methyl sites for hydroxylation is 1. The number of aromatic nitrogens is 6. The maximum absolute atomic E-state index is 5.14. The fourth-order valence-corrected chi connectivity index (χ4v) is 2.27. The summed E-state index contributed by atoms with van der Waals surface area (Å²) in [5.74, 6) is 1.62. The maximum atomic E-state index is 5.14. The van der Waals surface area contributed by atoms with Crippen LogP contribution in [0, 0.1) is 6.92 Å². The molecule has 0 atom stereocenters. The second-order valence-electron chi connectivity index (χ2n) is 4.80. The molecule has 0 aromatic carbocycles. The van der Waals surface area contributed by atoms with Gasteiger partial charge in [-0.25, -0.2) is 9.97 Å². The van der Waals surface area contributed by atoms with E-state index in [1.54, 1.807) is 19.5 Å². The number of hydrogen-bond acceptors (Lipinski definition) is 4. The Kier molecular flexibility index (Phi) is 3.57. The average molecular weight is 286 g/mol. The van der Waals surface area contributed by atoms with Crippen molar-refractivity contribution < 1.29 is 4.74 Å². The Morgan fingerprint density at radius 3 is 2.62 bits per heavy atom. The van der Waals surface area contributed by atoms with Crippen LogP contribution < -0.4 is 0 Å². The summed E-state index contributed by atoms with van der Waals surface area (Å²) in [5, 5.41) is 4.29. The highest BCUT2D eigenvalue weighted by atomic mass is 16.5. The molecule has 0 saturated heterocycles. The topological polar surface area (TPSA) is 62.7 Å². The molecule has 0 fully saturated rings. The second-order valence-corrected chi connectivity index (χ2v) is 4.80. The third-order valence-corrected chi connectivity index (χ3v) is 3.56. The zero-order valence-corrected chi connectivity index (χ0v) is 12.4. The van der Waals surface area contributed by atoms with Gasteiger partial charge >= 0.3 is 0 Å². The normalized spacial score (nSPS) is 11.2. The van der Waals surface area contributed by atoms with Crippen molar-refractivity contribution in [2.75, 3.05) is 13.7 Å². The number of nitrogens with zero attached hydrogens (tertiary/aromatic N) is 6. The lowest BCUT2D eigenvalue weighted by Crippen LogP contribution is -2.08. The molecule has 0 bridgehead atoms. The predicted octanol–water partition coefficient (Wildman–Crippen LogP) is 1.42. The Balaban J connectivity index is 2.04. The second kappa shape index (κ2) is 5.53. The van der Waals surface area contributed by atoms with Crippen LogP contribution >= 0.6 is 0 Å².